The van der Waals surface area contributed by atoms with Gasteiger partial charge in [0.1, 0.15) is 16.8 Å². The SMILES string of the molecule is C[C@H]1CNCCCN1c1nccc(C(N)=C2OCCC3(CCCc4sc(N)c(C#N)c43)C2=O)n1. The zero-order valence-electron chi connectivity index (χ0n) is 19.3. The third-order valence-electron chi connectivity index (χ3n) is 7.17. The van der Waals surface area contributed by atoms with Crippen molar-refractivity contribution >= 4 is 33.8 Å². The van der Waals surface area contributed by atoms with E-state index in [1.54, 1.807) is 12.3 Å². The first-order chi connectivity index (χ1) is 16.5. The first kappa shape index (κ1) is 22.6. The molecule has 5 N–H and O–H groups in total. The van der Waals surface area contributed by atoms with Gasteiger partial charge >= 0.3 is 0 Å². The van der Waals surface area contributed by atoms with Crippen molar-refractivity contribution < 1.29 is 9.53 Å². The Morgan fingerprint density at radius 3 is 3.09 bits per heavy atom. The Hall–Kier alpha value is -3.16. The van der Waals surface area contributed by atoms with Crippen LogP contribution in [0.1, 0.15) is 54.3 Å². The number of nitrogens with zero attached hydrogens (tertiary/aromatic N) is 4. The average molecular weight is 480 g/mol. The summed E-state index contributed by atoms with van der Waals surface area (Å²) in [6, 6.07) is 4.18. The number of fused-ring (bicyclic) bond motifs is 2. The number of nitrogen functional groups attached to an aromatic ring is 1. The minimum Gasteiger partial charge on any atom is -0.488 e. The van der Waals surface area contributed by atoms with Gasteiger partial charge in [0.15, 0.2) is 5.76 Å². The normalized spacial score (nSPS) is 26.4. The third kappa shape index (κ3) is 3.60. The van der Waals surface area contributed by atoms with E-state index in [4.69, 9.17) is 21.2 Å². The molecule has 2 fully saturated rings. The lowest BCUT2D eigenvalue weighted by atomic mass is 9.65. The molecule has 0 aromatic carbocycles. The molecule has 5 rings (SSSR count). The molecule has 178 valence electrons. The number of carbonyl (C=O) groups excluding carboxylic acids is 1. The number of allylic oxidation sites excluding steroid dienone is 1. The van der Waals surface area contributed by atoms with Crippen molar-refractivity contribution in [3.8, 4) is 6.07 Å². The molecule has 2 aliphatic heterocycles. The van der Waals surface area contributed by atoms with Gasteiger partial charge in [0.2, 0.25) is 11.7 Å². The van der Waals surface area contributed by atoms with Gasteiger partial charge in [-0.2, -0.15) is 5.26 Å². The summed E-state index contributed by atoms with van der Waals surface area (Å²) in [5.41, 5.74) is 13.8. The second-order valence-corrected chi connectivity index (χ2v) is 10.3. The van der Waals surface area contributed by atoms with Gasteiger partial charge in [-0.05, 0) is 51.6 Å². The van der Waals surface area contributed by atoms with Crippen LogP contribution in [-0.4, -0.2) is 48.0 Å². The molecule has 2 saturated heterocycles. The summed E-state index contributed by atoms with van der Waals surface area (Å²) in [7, 11) is 0. The number of anilines is 2. The lowest BCUT2D eigenvalue weighted by Gasteiger charge is -2.40. The van der Waals surface area contributed by atoms with E-state index in [9.17, 15) is 10.1 Å². The maximum Gasteiger partial charge on any atom is 0.226 e. The van der Waals surface area contributed by atoms with Gasteiger partial charge < -0.3 is 26.4 Å². The van der Waals surface area contributed by atoms with E-state index >= 15 is 0 Å². The molecule has 4 heterocycles. The number of ketones is 1. The number of hydrogen-bond acceptors (Lipinski definition) is 10. The highest BCUT2D eigenvalue weighted by Gasteiger charge is 2.50. The summed E-state index contributed by atoms with van der Waals surface area (Å²) < 4.78 is 5.87. The highest BCUT2D eigenvalue weighted by atomic mass is 32.1. The van der Waals surface area contributed by atoms with Crippen LogP contribution in [0.4, 0.5) is 10.9 Å². The summed E-state index contributed by atoms with van der Waals surface area (Å²) >= 11 is 1.42. The number of nitriles is 1. The van der Waals surface area contributed by atoms with Gasteiger partial charge in [0.05, 0.1) is 23.3 Å². The highest BCUT2D eigenvalue weighted by Crippen LogP contribution is 2.50. The predicted octanol–water partition coefficient (Wildman–Crippen LogP) is 2.07. The maximum atomic E-state index is 14.0. The second-order valence-electron chi connectivity index (χ2n) is 9.20. The van der Waals surface area contributed by atoms with Crippen LogP contribution in [0.25, 0.3) is 5.70 Å². The lowest BCUT2D eigenvalue weighted by molar-refractivity contribution is -0.129. The molecule has 2 aromatic rings. The number of nitrogens with one attached hydrogen (secondary N) is 1. The van der Waals surface area contributed by atoms with Gasteiger partial charge in [0, 0.05) is 35.8 Å². The maximum absolute atomic E-state index is 14.0. The Morgan fingerprint density at radius 1 is 1.41 bits per heavy atom. The summed E-state index contributed by atoms with van der Waals surface area (Å²) in [4.78, 5) is 26.4. The molecule has 0 radical (unpaired) electrons. The summed E-state index contributed by atoms with van der Waals surface area (Å²) in [6.45, 7) is 5.12. The van der Waals surface area contributed by atoms with Crippen molar-refractivity contribution in [2.75, 3.05) is 36.9 Å². The minimum absolute atomic E-state index is 0.128. The monoisotopic (exact) mass is 479 g/mol. The standard InChI is InChI=1S/C24H29N7O2S/c1-14-13-28-8-3-10-31(14)23-29-9-5-16(30-23)19(26)20-21(32)24(7-11-33-20)6-2-4-17-18(24)15(12-25)22(27)34-17/h5,9,14,28H,2-4,6-8,10-11,13,26-27H2,1H3/t14-,24?/m0/s1. The first-order valence-corrected chi connectivity index (χ1v) is 12.6. The Labute approximate surface area is 202 Å². The number of thiophene rings is 1. The lowest BCUT2D eigenvalue weighted by Crippen LogP contribution is -2.45. The van der Waals surface area contributed by atoms with Gasteiger partial charge in [0.25, 0.3) is 0 Å². The van der Waals surface area contributed by atoms with Crippen molar-refractivity contribution in [2.45, 2.75) is 50.5 Å². The molecular weight excluding hydrogens is 450 g/mol. The number of Topliss-reactive ketones (excluding diaryl/α,β-unsaturated/α-hetero) is 1. The second kappa shape index (κ2) is 8.89. The Kier molecular flexibility index (Phi) is 5.91. The molecule has 0 amide bonds. The molecule has 1 unspecified atom stereocenters. The number of rotatable bonds is 2. The Bertz CT molecular complexity index is 1200. The molecule has 1 spiro atoms. The fourth-order valence-corrected chi connectivity index (χ4v) is 6.59. The zero-order chi connectivity index (χ0) is 23.9. The Balaban J connectivity index is 1.54. The smallest absolute Gasteiger partial charge is 0.226 e. The van der Waals surface area contributed by atoms with Crippen LogP contribution < -0.4 is 21.7 Å². The molecule has 2 aromatic heterocycles. The largest absolute Gasteiger partial charge is 0.488 e. The Morgan fingerprint density at radius 2 is 2.26 bits per heavy atom. The van der Waals surface area contributed by atoms with Crippen LogP contribution in [0.15, 0.2) is 18.0 Å². The molecular formula is C24H29N7O2S. The van der Waals surface area contributed by atoms with Gasteiger partial charge in [-0.3, -0.25) is 4.79 Å². The van der Waals surface area contributed by atoms with Gasteiger partial charge in [-0.15, -0.1) is 11.3 Å². The van der Waals surface area contributed by atoms with Crippen LogP contribution in [0, 0.1) is 11.3 Å². The van der Waals surface area contributed by atoms with E-state index in [1.165, 1.54) is 11.3 Å². The summed E-state index contributed by atoms with van der Waals surface area (Å²) in [5.74, 6) is 0.537. The van der Waals surface area contributed by atoms with Gasteiger partial charge in [-0.1, -0.05) is 0 Å². The van der Waals surface area contributed by atoms with Crippen LogP contribution >= 0.6 is 11.3 Å². The number of aryl methyl sites for hydroxylation is 1. The number of nitrogens with two attached hydrogens (primary N) is 2. The third-order valence-corrected chi connectivity index (χ3v) is 8.25. The van der Waals surface area contributed by atoms with E-state index < -0.39 is 5.41 Å². The van der Waals surface area contributed by atoms with E-state index in [0.717, 1.165) is 49.3 Å². The summed E-state index contributed by atoms with van der Waals surface area (Å²) in [6.07, 6.45) is 5.51. The molecule has 3 aliphatic rings. The van der Waals surface area contributed by atoms with Crippen LogP contribution in [0.2, 0.25) is 0 Å². The van der Waals surface area contributed by atoms with Crippen molar-refractivity contribution in [3.63, 3.8) is 0 Å². The van der Waals surface area contributed by atoms with Crippen molar-refractivity contribution in [1.82, 2.24) is 15.3 Å². The van der Waals surface area contributed by atoms with Crippen LogP contribution in [0.5, 0.6) is 0 Å². The van der Waals surface area contributed by atoms with Crippen molar-refractivity contribution in [2.24, 2.45) is 5.73 Å². The van der Waals surface area contributed by atoms with E-state index in [0.29, 0.717) is 41.7 Å². The summed E-state index contributed by atoms with van der Waals surface area (Å²) in [5, 5.41) is 13.7. The number of carbonyl (C=O) groups is 1. The molecule has 34 heavy (non-hydrogen) atoms. The highest BCUT2D eigenvalue weighted by molar-refractivity contribution is 7.16. The molecule has 0 bridgehead atoms. The number of ether oxygens (including phenoxy) is 1. The topological polar surface area (TPSA) is 143 Å². The quantitative estimate of drug-likeness (QED) is 0.551. The van der Waals surface area contributed by atoms with Crippen molar-refractivity contribution in [1.29, 1.82) is 5.26 Å². The zero-order valence-corrected chi connectivity index (χ0v) is 20.1. The van der Waals surface area contributed by atoms with Gasteiger partial charge in [-0.25, -0.2) is 9.97 Å². The first-order valence-electron chi connectivity index (χ1n) is 11.8. The molecule has 10 heteroatoms. The van der Waals surface area contributed by atoms with Crippen LogP contribution in [-0.2, 0) is 21.4 Å². The van der Waals surface area contributed by atoms with E-state index in [2.05, 4.69) is 28.2 Å². The fraction of sp³-hybridized carbons (Fsp3) is 0.500. The predicted molar refractivity (Wildman–Crippen MR) is 131 cm³/mol. The molecule has 2 atom stereocenters. The molecule has 1 aliphatic carbocycles. The number of hydrogen-bond donors (Lipinski definition) is 3. The molecule has 0 saturated carbocycles. The van der Waals surface area contributed by atoms with Crippen LogP contribution in [0.3, 0.4) is 0 Å². The fourth-order valence-electron chi connectivity index (χ4n) is 5.43. The average Bonchev–Trinajstić information content (AvgIpc) is 3.03. The minimum atomic E-state index is -0.828. The number of aromatic nitrogens is 2. The van der Waals surface area contributed by atoms with Crippen molar-refractivity contribution in [3.05, 3.63) is 39.7 Å². The molecule has 9 nitrogen and oxygen atoms in total. The van der Waals surface area contributed by atoms with E-state index in [-0.39, 0.29) is 23.3 Å². The van der Waals surface area contributed by atoms with E-state index in [1.807, 2.05) is 0 Å².